The lowest BCUT2D eigenvalue weighted by molar-refractivity contribution is -0.0693. The Labute approximate surface area is 111 Å². The molecule has 106 valence electrons. The van der Waals surface area contributed by atoms with Crippen molar-refractivity contribution < 1.29 is 18.9 Å². The summed E-state index contributed by atoms with van der Waals surface area (Å²) in [4.78, 5) is 0. The van der Waals surface area contributed by atoms with E-state index < -0.39 is 0 Å². The zero-order valence-electron chi connectivity index (χ0n) is 11.8. The second-order valence-corrected chi connectivity index (χ2v) is 4.23. The minimum Gasteiger partial charge on any atom is -0.497 e. The molecule has 0 aromatic heterocycles. The van der Waals surface area contributed by atoms with Crippen LogP contribution in [0.3, 0.4) is 0 Å². The maximum atomic E-state index is 5.60. The lowest BCUT2D eigenvalue weighted by Gasteiger charge is -2.19. The maximum absolute atomic E-state index is 5.60. The second kappa shape index (κ2) is 11.3. The Bertz CT molecular complexity index is 218. The van der Waals surface area contributed by atoms with E-state index in [1.165, 1.54) is 6.26 Å². The molecule has 0 rings (SSSR count). The van der Waals surface area contributed by atoms with Crippen LogP contribution in [0.2, 0.25) is 0 Å². The van der Waals surface area contributed by atoms with Crippen LogP contribution in [0.1, 0.15) is 20.8 Å². The SMILES string of the molecule is C=CCOCC(C)OCC(C)OCC(C)OC=C. The number of hydrogen-bond acceptors (Lipinski definition) is 4. The van der Waals surface area contributed by atoms with Gasteiger partial charge in [-0.05, 0) is 20.8 Å². The molecule has 0 radical (unpaired) electrons. The van der Waals surface area contributed by atoms with Crippen LogP contribution in [0.5, 0.6) is 0 Å². The van der Waals surface area contributed by atoms with Crippen LogP contribution < -0.4 is 0 Å². The first-order valence-corrected chi connectivity index (χ1v) is 6.28. The summed E-state index contributed by atoms with van der Waals surface area (Å²) in [5.41, 5.74) is 0. The van der Waals surface area contributed by atoms with Crippen molar-refractivity contribution in [1.82, 2.24) is 0 Å². The second-order valence-electron chi connectivity index (χ2n) is 4.23. The van der Waals surface area contributed by atoms with Crippen molar-refractivity contribution in [2.75, 3.05) is 26.4 Å². The molecule has 0 spiro atoms. The zero-order valence-corrected chi connectivity index (χ0v) is 11.8. The summed E-state index contributed by atoms with van der Waals surface area (Å²) in [6.07, 6.45) is 3.24. The zero-order chi connectivity index (χ0) is 13.8. The monoisotopic (exact) mass is 258 g/mol. The third-order valence-electron chi connectivity index (χ3n) is 2.15. The number of rotatable bonds is 12. The largest absolute Gasteiger partial charge is 0.497 e. The minimum absolute atomic E-state index is 0.0123. The Kier molecular flexibility index (Phi) is 10.7. The Morgan fingerprint density at radius 3 is 2.00 bits per heavy atom. The van der Waals surface area contributed by atoms with Gasteiger partial charge in [-0.25, -0.2) is 0 Å². The van der Waals surface area contributed by atoms with E-state index in [1.54, 1.807) is 6.08 Å². The van der Waals surface area contributed by atoms with Gasteiger partial charge in [-0.15, -0.1) is 6.58 Å². The molecule has 0 aliphatic rings. The molecule has 0 aliphatic carbocycles. The van der Waals surface area contributed by atoms with Gasteiger partial charge in [0.05, 0.1) is 44.9 Å². The number of hydrogen-bond donors (Lipinski definition) is 0. The highest BCUT2D eigenvalue weighted by atomic mass is 16.6. The molecular weight excluding hydrogens is 232 g/mol. The molecule has 4 nitrogen and oxygen atoms in total. The Morgan fingerprint density at radius 2 is 1.44 bits per heavy atom. The predicted octanol–water partition coefficient (Wildman–Crippen LogP) is 2.55. The molecule has 0 bridgehead atoms. The van der Waals surface area contributed by atoms with Crippen LogP contribution >= 0.6 is 0 Å². The van der Waals surface area contributed by atoms with Crippen LogP contribution in [0.15, 0.2) is 25.5 Å². The molecule has 0 heterocycles. The highest BCUT2D eigenvalue weighted by Gasteiger charge is 2.09. The molecular formula is C14H26O4. The van der Waals surface area contributed by atoms with Crippen molar-refractivity contribution in [2.45, 2.75) is 39.1 Å². The van der Waals surface area contributed by atoms with Crippen molar-refractivity contribution in [1.29, 1.82) is 0 Å². The third-order valence-corrected chi connectivity index (χ3v) is 2.15. The van der Waals surface area contributed by atoms with Crippen LogP contribution in [0.25, 0.3) is 0 Å². The van der Waals surface area contributed by atoms with E-state index >= 15 is 0 Å². The topological polar surface area (TPSA) is 36.9 Å². The highest BCUT2D eigenvalue weighted by molar-refractivity contribution is 4.64. The molecule has 0 saturated carbocycles. The van der Waals surface area contributed by atoms with Crippen molar-refractivity contribution in [2.24, 2.45) is 0 Å². The summed E-state index contributed by atoms with van der Waals surface area (Å²) in [6, 6.07) is 0. The Morgan fingerprint density at radius 1 is 0.889 bits per heavy atom. The fraction of sp³-hybridized carbons (Fsp3) is 0.714. The van der Waals surface area contributed by atoms with Crippen molar-refractivity contribution in [3.63, 3.8) is 0 Å². The summed E-state index contributed by atoms with van der Waals surface area (Å²) >= 11 is 0. The standard InChI is InChI=1S/C14H26O4/c1-6-8-15-9-12(3)17-11-14(5)18-10-13(4)16-7-2/h6-7,12-14H,1-2,8-11H2,3-5H3. The third kappa shape index (κ3) is 10.3. The summed E-state index contributed by atoms with van der Waals surface area (Å²) in [6.45, 7) is 15.1. The van der Waals surface area contributed by atoms with Gasteiger partial charge in [0.25, 0.3) is 0 Å². The van der Waals surface area contributed by atoms with E-state index in [0.717, 1.165) is 0 Å². The molecule has 0 aromatic rings. The van der Waals surface area contributed by atoms with E-state index in [1.807, 2.05) is 20.8 Å². The van der Waals surface area contributed by atoms with E-state index in [-0.39, 0.29) is 18.3 Å². The highest BCUT2D eigenvalue weighted by Crippen LogP contribution is 2.00. The van der Waals surface area contributed by atoms with E-state index in [0.29, 0.717) is 26.4 Å². The molecule has 3 unspecified atom stereocenters. The van der Waals surface area contributed by atoms with Crippen LogP contribution in [-0.2, 0) is 18.9 Å². The van der Waals surface area contributed by atoms with Crippen LogP contribution in [-0.4, -0.2) is 44.7 Å². The van der Waals surface area contributed by atoms with Crippen LogP contribution in [0, 0.1) is 0 Å². The average Bonchev–Trinajstić information content (AvgIpc) is 2.34. The van der Waals surface area contributed by atoms with Gasteiger partial charge in [0, 0.05) is 0 Å². The molecule has 0 amide bonds. The molecule has 0 aliphatic heterocycles. The lowest BCUT2D eigenvalue weighted by atomic mass is 10.4. The van der Waals surface area contributed by atoms with Gasteiger partial charge >= 0.3 is 0 Å². The molecule has 18 heavy (non-hydrogen) atoms. The van der Waals surface area contributed by atoms with Crippen LogP contribution in [0.4, 0.5) is 0 Å². The van der Waals surface area contributed by atoms with Gasteiger partial charge in [-0.2, -0.15) is 0 Å². The van der Waals surface area contributed by atoms with Gasteiger partial charge < -0.3 is 18.9 Å². The molecule has 0 aromatic carbocycles. The quantitative estimate of drug-likeness (QED) is 0.306. The van der Waals surface area contributed by atoms with Gasteiger partial charge in [0.1, 0.15) is 6.10 Å². The van der Waals surface area contributed by atoms with Crippen molar-refractivity contribution in [3.8, 4) is 0 Å². The van der Waals surface area contributed by atoms with Crippen molar-refractivity contribution in [3.05, 3.63) is 25.5 Å². The first-order valence-electron chi connectivity index (χ1n) is 6.28. The minimum atomic E-state index is 0.0123. The average molecular weight is 258 g/mol. The van der Waals surface area contributed by atoms with Gasteiger partial charge in [0.15, 0.2) is 0 Å². The van der Waals surface area contributed by atoms with Gasteiger partial charge in [-0.1, -0.05) is 12.7 Å². The summed E-state index contributed by atoms with van der Waals surface area (Å²) < 4.78 is 21.6. The Hall–Kier alpha value is -0.840. The predicted molar refractivity (Wildman–Crippen MR) is 72.6 cm³/mol. The summed E-state index contributed by atoms with van der Waals surface area (Å²) in [7, 11) is 0. The normalized spacial score (nSPS) is 15.7. The molecule has 3 atom stereocenters. The van der Waals surface area contributed by atoms with Crippen molar-refractivity contribution >= 4 is 0 Å². The first-order chi connectivity index (χ1) is 8.60. The Balaban J connectivity index is 3.53. The smallest absolute Gasteiger partial charge is 0.118 e. The van der Waals surface area contributed by atoms with E-state index in [2.05, 4.69) is 13.2 Å². The molecule has 0 fully saturated rings. The van der Waals surface area contributed by atoms with Gasteiger partial charge in [-0.3, -0.25) is 0 Å². The molecule has 0 saturated heterocycles. The maximum Gasteiger partial charge on any atom is 0.118 e. The first kappa shape index (κ1) is 17.2. The fourth-order valence-electron chi connectivity index (χ4n) is 1.22. The summed E-state index contributed by atoms with van der Waals surface area (Å²) in [5.74, 6) is 0. The van der Waals surface area contributed by atoms with E-state index in [4.69, 9.17) is 18.9 Å². The van der Waals surface area contributed by atoms with Gasteiger partial charge in [0.2, 0.25) is 0 Å². The molecule has 0 N–H and O–H groups in total. The number of ether oxygens (including phenoxy) is 4. The molecule has 4 heteroatoms. The summed E-state index contributed by atoms with van der Waals surface area (Å²) in [5, 5.41) is 0. The fourth-order valence-corrected chi connectivity index (χ4v) is 1.22. The lowest BCUT2D eigenvalue weighted by Crippen LogP contribution is -2.26. The van der Waals surface area contributed by atoms with E-state index in [9.17, 15) is 0 Å².